The van der Waals surface area contributed by atoms with E-state index in [9.17, 15) is 4.79 Å². The number of Topliss-reactive ketones (excluding diaryl/α,β-unsaturated/α-hetero) is 1. The van der Waals surface area contributed by atoms with Gasteiger partial charge in [0.05, 0.1) is 0 Å². The van der Waals surface area contributed by atoms with Gasteiger partial charge in [0.1, 0.15) is 5.78 Å². The van der Waals surface area contributed by atoms with Crippen LogP contribution in [0.1, 0.15) is 33.1 Å². The molecule has 1 aliphatic heterocycles. The Labute approximate surface area is 93.2 Å². The molecule has 0 aromatic carbocycles. The lowest BCUT2D eigenvalue weighted by Crippen LogP contribution is -2.42. The van der Waals surface area contributed by atoms with Crippen molar-refractivity contribution in [1.29, 1.82) is 0 Å². The van der Waals surface area contributed by atoms with Crippen LogP contribution in [0.2, 0.25) is 0 Å². The minimum atomic E-state index is 0.452. The van der Waals surface area contributed by atoms with Crippen LogP contribution in [0.15, 0.2) is 0 Å². The normalized spacial score (nSPS) is 16.7. The van der Waals surface area contributed by atoms with Crippen LogP contribution < -0.4 is 5.32 Å². The molecule has 3 heteroatoms. The van der Waals surface area contributed by atoms with E-state index in [1.54, 1.807) is 0 Å². The molecule has 1 N–H and O–H groups in total. The van der Waals surface area contributed by atoms with Gasteiger partial charge in [-0.1, -0.05) is 13.8 Å². The lowest BCUT2D eigenvalue weighted by molar-refractivity contribution is -0.120. The average molecular weight is 212 g/mol. The van der Waals surface area contributed by atoms with Crippen molar-refractivity contribution >= 4 is 5.78 Å². The summed E-state index contributed by atoms with van der Waals surface area (Å²) in [5.41, 5.74) is 0. The van der Waals surface area contributed by atoms with Crippen molar-refractivity contribution < 1.29 is 4.79 Å². The zero-order valence-electron chi connectivity index (χ0n) is 10.1. The maximum atomic E-state index is 11.6. The monoisotopic (exact) mass is 212 g/mol. The van der Waals surface area contributed by atoms with Crippen LogP contribution in [-0.2, 0) is 4.79 Å². The molecule has 0 aromatic rings. The molecule has 0 radical (unpaired) electrons. The van der Waals surface area contributed by atoms with Crippen molar-refractivity contribution in [3.63, 3.8) is 0 Å². The second kappa shape index (κ2) is 6.96. The Morgan fingerprint density at radius 2 is 2.00 bits per heavy atom. The van der Waals surface area contributed by atoms with Crippen molar-refractivity contribution in [2.24, 2.45) is 5.92 Å². The molecule has 1 rings (SSSR count). The van der Waals surface area contributed by atoms with Gasteiger partial charge >= 0.3 is 0 Å². The molecule has 1 fully saturated rings. The Morgan fingerprint density at radius 3 is 2.47 bits per heavy atom. The highest BCUT2D eigenvalue weighted by molar-refractivity contribution is 5.78. The second-order valence-electron chi connectivity index (χ2n) is 4.40. The molecular weight excluding hydrogens is 188 g/mol. The second-order valence-corrected chi connectivity index (χ2v) is 4.40. The van der Waals surface area contributed by atoms with Crippen LogP contribution in [0.4, 0.5) is 0 Å². The lowest BCUT2D eigenvalue weighted by Gasteiger charge is -2.26. The average Bonchev–Trinajstić information content (AvgIpc) is 2.18. The van der Waals surface area contributed by atoms with Gasteiger partial charge in [0.15, 0.2) is 0 Å². The van der Waals surface area contributed by atoms with Crippen LogP contribution in [0.3, 0.4) is 0 Å². The molecule has 0 saturated carbocycles. The van der Waals surface area contributed by atoms with Gasteiger partial charge in [-0.15, -0.1) is 0 Å². The smallest absolute Gasteiger partial charge is 0.133 e. The number of carbonyl (C=O) groups excluding carboxylic acids is 1. The summed E-state index contributed by atoms with van der Waals surface area (Å²) in [6, 6.07) is 0. The Kier molecular flexibility index (Phi) is 5.88. The zero-order valence-corrected chi connectivity index (χ0v) is 10.1. The molecule has 1 saturated heterocycles. The van der Waals surface area contributed by atoms with E-state index in [-0.39, 0.29) is 0 Å². The van der Waals surface area contributed by atoms with Crippen molar-refractivity contribution in [2.45, 2.75) is 33.1 Å². The van der Waals surface area contributed by atoms with E-state index in [4.69, 9.17) is 0 Å². The van der Waals surface area contributed by atoms with E-state index < -0.39 is 0 Å². The molecule has 3 nitrogen and oxygen atoms in total. The number of ketones is 1. The molecule has 0 amide bonds. The Bertz CT molecular complexity index is 186. The third-order valence-corrected chi connectivity index (χ3v) is 3.21. The molecule has 0 aliphatic carbocycles. The first-order valence-electron chi connectivity index (χ1n) is 6.21. The molecule has 1 heterocycles. The number of rotatable bonds is 8. The highest BCUT2D eigenvalue weighted by atomic mass is 16.1. The van der Waals surface area contributed by atoms with Crippen LogP contribution >= 0.6 is 0 Å². The number of hydrogen-bond donors (Lipinski definition) is 1. The summed E-state index contributed by atoms with van der Waals surface area (Å²) in [7, 11) is 0. The maximum absolute atomic E-state index is 11.6. The van der Waals surface area contributed by atoms with E-state index >= 15 is 0 Å². The number of hydrogen-bond acceptors (Lipinski definition) is 3. The molecule has 0 unspecified atom stereocenters. The van der Waals surface area contributed by atoms with Crippen LogP contribution in [0.25, 0.3) is 0 Å². The topological polar surface area (TPSA) is 32.3 Å². The summed E-state index contributed by atoms with van der Waals surface area (Å²) < 4.78 is 0. The van der Waals surface area contributed by atoms with E-state index in [0.717, 1.165) is 52.0 Å². The molecule has 15 heavy (non-hydrogen) atoms. The summed E-state index contributed by atoms with van der Waals surface area (Å²) in [5, 5.41) is 3.20. The fourth-order valence-electron chi connectivity index (χ4n) is 1.96. The summed E-state index contributed by atoms with van der Waals surface area (Å²) in [6.45, 7) is 9.69. The van der Waals surface area contributed by atoms with Gasteiger partial charge in [-0.3, -0.25) is 4.79 Å². The zero-order chi connectivity index (χ0) is 11.1. The highest BCUT2D eigenvalue weighted by Crippen LogP contribution is 2.11. The van der Waals surface area contributed by atoms with Gasteiger partial charge in [-0.25, -0.2) is 0 Å². The molecule has 0 spiro atoms. The SMILES string of the molecule is CCN(CC)CCCC(=O)CC1CNC1. The first kappa shape index (κ1) is 12.7. The van der Waals surface area contributed by atoms with E-state index in [1.165, 1.54) is 0 Å². The molecule has 0 bridgehead atoms. The maximum Gasteiger partial charge on any atom is 0.133 e. The summed E-state index contributed by atoms with van der Waals surface area (Å²) in [4.78, 5) is 13.9. The van der Waals surface area contributed by atoms with E-state index in [2.05, 4.69) is 24.1 Å². The van der Waals surface area contributed by atoms with Gasteiger partial charge < -0.3 is 10.2 Å². The van der Waals surface area contributed by atoms with Gasteiger partial charge in [0.25, 0.3) is 0 Å². The van der Waals surface area contributed by atoms with Gasteiger partial charge in [0.2, 0.25) is 0 Å². The third kappa shape index (κ3) is 4.76. The number of carbonyl (C=O) groups is 1. The minimum Gasteiger partial charge on any atom is -0.316 e. The van der Waals surface area contributed by atoms with Crippen molar-refractivity contribution in [1.82, 2.24) is 10.2 Å². The van der Waals surface area contributed by atoms with Gasteiger partial charge in [-0.2, -0.15) is 0 Å². The highest BCUT2D eigenvalue weighted by Gasteiger charge is 2.19. The minimum absolute atomic E-state index is 0.452. The standard InChI is InChI=1S/C12H24N2O/c1-3-14(4-2)7-5-6-12(15)8-11-9-13-10-11/h11,13H,3-10H2,1-2H3. The lowest BCUT2D eigenvalue weighted by atomic mass is 9.95. The largest absolute Gasteiger partial charge is 0.316 e. The van der Waals surface area contributed by atoms with Crippen molar-refractivity contribution in [2.75, 3.05) is 32.7 Å². The summed E-state index contributed by atoms with van der Waals surface area (Å²) >= 11 is 0. The quantitative estimate of drug-likeness (QED) is 0.658. The van der Waals surface area contributed by atoms with Crippen molar-refractivity contribution in [3.8, 4) is 0 Å². The molecule has 1 aliphatic rings. The predicted octanol–water partition coefficient (Wildman–Crippen LogP) is 1.29. The number of nitrogens with one attached hydrogen (secondary N) is 1. The molecule has 88 valence electrons. The Morgan fingerprint density at radius 1 is 1.33 bits per heavy atom. The van der Waals surface area contributed by atoms with E-state index in [1.807, 2.05) is 0 Å². The van der Waals surface area contributed by atoms with Gasteiger partial charge in [-0.05, 0) is 45.1 Å². The Balaban J connectivity index is 2.00. The van der Waals surface area contributed by atoms with Crippen LogP contribution in [0, 0.1) is 5.92 Å². The van der Waals surface area contributed by atoms with Crippen LogP contribution in [-0.4, -0.2) is 43.4 Å². The molecule has 0 atom stereocenters. The fraction of sp³-hybridized carbons (Fsp3) is 0.917. The summed E-state index contributed by atoms with van der Waals surface area (Å²) in [5.74, 6) is 1.08. The predicted molar refractivity (Wildman–Crippen MR) is 63.0 cm³/mol. The number of nitrogens with zero attached hydrogens (tertiary/aromatic N) is 1. The fourth-order valence-corrected chi connectivity index (χ4v) is 1.96. The van der Waals surface area contributed by atoms with Crippen molar-refractivity contribution in [3.05, 3.63) is 0 Å². The van der Waals surface area contributed by atoms with E-state index in [0.29, 0.717) is 11.7 Å². The first-order chi connectivity index (χ1) is 7.26. The molecule has 0 aromatic heterocycles. The molecular formula is C12H24N2O. The third-order valence-electron chi connectivity index (χ3n) is 3.21. The Hall–Kier alpha value is -0.410. The van der Waals surface area contributed by atoms with Gasteiger partial charge in [0, 0.05) is 12.8 Å². The summed E-state index contributed by atoms with van der Waals surface area (Å²) in [6.07, 6.45) is 2.60. The van der Waals surface area contributed by atoms with Crippen LogP contribution in [0.5, 0.6) is 0 Å². The first-order valence-corrected chi connectivity index (χ1v) is 6.21.